The summed E-state index contributed by atoms with van der Waals surface area (Å²) in [4.78, 5) is 12.4. The van der Waals surface area contributed by atoms with Gasteiger partial charge in [-0.15, -0.1) is 0 Å². The normalized spacial score (nSPS) is 10.7. The molecule has 0 saturated heterocycles. The van der Waals surface area contributed by atoms with Gasteiger partial charge in [-0.1, -0.05) is 48.0 Å². The Bertz CT molecular complexity index is 1030. The van der Waals surface area contributed by atoms with Crippen LogP contribution in [-0.4, -0.2) is 22.1 Å². The molecular formula is C21H16ClN3O. The van der Waals surface area contributed by atoms with Crippen LogP contribution < -0.4 is 4.74 Å². The molecular weight excluding hydrogens is 346 g/mol. The Kier molecular flexibility index (Phi) is 4.42. The van der Waals surface area contributed by atoms with Crippen molar-refractivity contribution in [1.29, 1.82) is 0 Å². The number of hydrogen-bond donors (Lipinski definition) is 1. The minimum Gasteiger partial charge on any atom is -0.495 e. The summed E-state index contributed by atoms with van der Waals surface area (Å²) in [6, 6.07) is 19.6. The van der Waals surface area contributed by atoms with Gasteiger partial charge in [-0.25, -0.2) is 4.98 Å². The van der Waals surface area contributed by atoms with E-state index in [0.29, 0.717) is 10.8 Å². The molecule has 5 heteroatoms. The topological polar surface area (TPSA) is 50.8 Å². The molecule has 0 spiro atoms. The first-order valence-electron chi connectivity index (χ1n) is 8.16. The van der Waals surface area contributed by atoms with Crippen LogP contribution in [0.3, 0.4) is 0 Å². The number of methoxy groups -OCH3 is 1. The average Bonchev–Trinajstić information content (AvgIpc) is 3.15. The summed E-state index contributed by atoms with van der Waals surface area (Å²) in [5.74, 6) is 1.43. The van der Waals surface area contributed by atoms with Crippen LogP contribution in [0, 0.1) is 0 Å². The quantitative estimate of drug-likeness (QED) is 0.524. The molecule has 0 aliphatic carbocycles. The number of aromatic amines is 1. The lowest BCUT2D eigenvalue weighted by Gasteiger charge is -2.07. The summed E-state index contributed by atoms with van der Waals surface area (Å²) < 4.78 is 5.36. The first kappa shape index (κ1) is 16.4. The molecule has 2 aromatic carbocycles. The van der Waals surface area contributed by atoms with Gasteiger partial charge in [0.05, 0.1) is 23.5 Å². The van der Waals surface area contributed by atoms with Crippen LogP contribution in [0.4, 0.5) is 0 Å². The number of hydrogen-bond acceptors (Lipinski definition) is 3. The number of benzene rings is 2. The minimum absolute atomic E-state index is 0.570. The van der Waals surface area contributed by atoms with E-state index in [2.05, 4.69) is 9.97 Å². The fraction of sp³-hybridized carbons (Fsp3) is 0.0476. The molecule has 0 atom stereocenters. The Balaban J connectivity index is 1.91. The van der Waals surface area contributed by atoms with Crippen LogP contribution in [0.1, 0.15) is 0 Å². The van der Waals surface area contributed by atoms with Crippen molar-refractivity contribution in [3.8, 4) is 39.7 Å². The summed E-state index contributed by atoms with van der Waals surface area (Å²) in [7, 11) is 1.61. The van der Waals surface area contributed by atoms with Gasteiger partial charge in [0.15, 0.2) is 0 Å². The number of imidazole rings is 1. The third kappa shape index (κ3) is 3.07. The third-order valence-corrected chi connectivity index (χ3v) is 4.46. The van der Waals surface area contributed by atoms with Gasteiger partial charge in [0.2, 0.25) is 0 Å². The van der Waals surface area contributed by atoms with Gasteiger partial charge in [0.25, 0.3) is 0 Å². The molecule has 128 valence electrons. The van der Waals surface area contributed by atoms with E-state index in [1.54, 1.807) is 19.5 Å². The molecule has 0 aliphatic rings. The Labute approximate surface area is 156 Å². The molecule has 0 fully saturated rings. The van der Waals surface area contributed by atoms with E-state index in [9.17, 15) is 0 Å². The van der Waals surface area contributed by atoms with Crippen molar-refractivity contribution in [3.63, 3.8) is 0 Å². The van der Waals surface area contributed by atoms with Crippen molar-refractivity contribution < 1.29 is 4.74 Å². The Morgan fingerprint density at radius 2 is 1.65 bits per heavy atom. The fourth-order valence-electron chi connectivity index (χ4n) is 2.85. The van der Waals surface area contributed by atoms with Gasteiger partial charge in [0, 0.05) is 29.1 Å². The highest BCUT2D eigenvalue weighted by atomic mass is 35.5. The largest absolute Gasteiger partial charge is 0.495 e. The van der Waals surface area contributed by atoms with E-state index in [1.165, 1.54) is 0 Å². The number of aromatic nitrogens is 3. The minimum atomic E-state index is 0.570. The maximum atomic E-state index is 6.18. The van der Waals surface area contributed by atoms with Gasteiger partial charge in [-0.05, 0) is 24.3 Å². The summed E-state index contributed by atoms with van der Waals surface area (Å²) in [6.07, 6.45) is 3.54. The van der Waals surface area contributed by atoms with E-state index in [1.807, 2.05) is 60.7 Å². The maximum Gasteiger partial charge on any atom is 0.138 e. The van der Waals surface area contributed by atoms with Crippen molar-refractivity contribution in [2.75, 3.05) is 7.11 Å². The van der Waals surface area contributed by atoms with Crippen molar-refractivity contribution in [1.82, 2.24) is 15.0 Å². The summed E-state index contributed by atoms with van der Waals surface area (Å²) in [5.41, 5.74) is 4.73. The van der Waals surface area contributed by atoms with Crippen LogP contribution in [0.15, 0.2) is 73.1 Å². The molecule has 1 N–H and O–H groups in total. The highest BCUT2D eigenvalue weighted by Crippen LogP contribution is 2.36. The Morgan fingerprint density at radius 3 is 2.38 bits per heavy atom. The number of H-pyrrole nitrogens is 1. The fourth-order valence-corrected chi connectivity index (χ4v) is 3.04. The standard InChI is InChI=1S/C21H16ClN3O/c1-26-18-13-16(7-8-17(18)22)20-19(14-9-11-23-12-10-14)24-21(25-20)15-5-3-2-4-6-15/h2-13H,1H3,(H,24,25). The van der Waals surface area contributed by atoms with E-state index in [-0.39, 0.29) is 0 Å². The van der Waals surface area contributed by atoms with Crippen LogP contribution >= 0.6 is 11.6 Å². The summed E-state index contributed by atoms with van der Waals surface area (Å²) in [6.45, 7) is 0. The van der Waals surface area contributed by atoms with Crippen LogP contribution in [-0.2, 0) is 0 Å². The monoisotopic (exact) mass is 361 g/mol. The molecule has 2 heterocycles. The number of nitrogens with zero attached hydrogens (tertiary/aromatic N) is 2. The zero-order valence-electron chi connectivity index (χ0n) is 14.1. The highest BCUT2D eigenvalue weighted by Gasteiger charge is 2.16. The molecule has 0 aliphatic heterocycles. The highest BCUT2D eigenvalue weighted by molar-refractivity contribution is 6.32. The lowest BCUT2D eigenvalue weighted by atomic mass is 10.1. The van der Waals surface area contributed by atoms with Crippen molar-refractivity contribution in [3.05, 3.63) is 78.1 Å². The molecule has 26 heavy (non-hydrogen) atoms. The maximum absolute atomic E-state index is 6.18. The predicted molar refractivity (Wildman–Crippen MR) is 104 cm³/mol. The molecule has 0 saturated carbocycles. The predicted octanol–water partition coefficient (Wildman–Crippen LogP) is 5.47. The van der Waals surface area contributed by atoms with Crippen LogP contribution in [0.5, 0.6) is 5.75 Å². The van der Waals surface area contributed by atoms with Crippen molar-refractivity contribution in [2.24, 2.45) is 0 Å². The molecule has 0 radical (unpaired) electrons. The zero-order chi connectivity index (χ0) is 17.9. The smallest absolute Gasteiger partial charge is 0.138 e. The first-order valence-corrected chi connectivity index (χ1v) is 8.54. The van der Waals surface area contributed by atoms with Crippen molar-refractivity contribution >= 4 is 11.6 Å². The molecule has 0 bridgehead atoms. The Morgan fingerprint density at radius 1 is 0.885 bits per heavy atom. The average molecular weight is 362 g/mol. The lowest BCUT2D eigenvalue weighted by molar-refractivity contribution is 0.415. The first-order chi connectivity index (χ1) is 12.8. The molecule has 4 aromatic rings. The SMILES string of the molecule is COc1cc(-c2nc(-c3ccccc3)[nH]c2-c2ccncc2)ccc1Cl. The van der Waals surface area contributed by atoms with Gasteiger partial charge in [-0.2, -0.15) is 0 Å². The molecule has 4 nitrogen and oxygen atoms in total. The zero-order valence-corrected chi connectivity index (χ0v) is 14.9. The van der Waals surface area contributed by atoms with Crippen molar-refractivity contribution in [2.45, 2.75) is 0 Å². The van der Waals surface area contributed by atoms with Crippen LogP contribution in [0.25, 0.3) is 33.9 Å². The van der Waals surface area contributed by atoms with Crippen LogP contribution in [0.2, 0.25) is 5.02 Å². The second-order valence-electron chi connectivity index (χ2n) is 5.76. The van der Waals surface area contributed by atoms with Gasteiger partial charge in [-0.3, -0.25) is 4.98 Å². The summed E-state index contributed by atoms with van der Waals surface area (Å²) in [5, 5.41) is 0.570. The Hall–Kier alpha value is -3.11. The van der Waals surface area contributed by atoms with E-state index >= 15 is 0 Å². The molecule has 4 rings (SSSR count). The molecule has 0 unspecified atom stereocenters. The molecule has 2 aromatic heterocycles. The number of nitrogens with one attached hydrogen (secondary N) is 1. The summed E-state index contributed by atoms with van der Waals surface area (Å²) >= 11 is 6.18. The number of ether oxygens (including phenoxy) is 1. The lowest BCUT2D eigenvalue weighted by Crippen LogP contribution is -1.88. The van der Waals surface area contributed by atoms with Gasteiger partial charge < -0.3 is 9.72 Å². The van der Waals surface area contributed by atoms with E-state index in [0.717, 1.165) is 33.9 Å². The van der Waals surface area contributed by atoms with E-state index < -0.39 is 0 Å². The number of halogens is 1. The number of pyridine rings is 1. The van der Waals surface area contributed by atoms with Gasteiger partial charge >= 0.3 is 0 Å². The van der Waals surface area contributed by atoms with E-state index in [4.69, 9.17) is 21.3 Å². The number of rotatable bonds is 4. The second kappa shape index (κ2) is 7.02. The third-order valence-electron chi connectivity index (χ3n) is 4.14. The van der Waals surface area contributed by atoms with Gasteiger partial charge in [0.1, 0.15) is 11.6 Å². The second-order valence-corrected chi connectivity index (χ2v) is 6.17. The molecule has 0 amide bonds.